The lowest BCUT2D eigenvalue weighted by molar-refractivity contribution is 1.22. The van der Waals surface area contributed by atoms with Gasteiger partial charge in [0.25, 0.3) is 0 Å². The van der Waals surface area contributed by atoms with Crippen molar-refractivity contribution >= 4 is 29.6 Å². The summed E-state index contributed by atoms with van der Waals surface area (Å²) in [6, 6.07) is 3.82. The predicted molar refractivity (Wildman–Crippen MR) is 52.0 cm³/mol. The molecule has 0 radical (unpaired) electrons. The van der Waals surface area contributed by atoms with Crippen LogP contribution in [-0.4, -0.2) is 9.97 Å². The summed E-state index contributed by atoms with van der Waals surface area (Å²) in [5, 5.41) is 0. The summed E-state index contributed by atoms with van der Waals surface area (Å²) in [6.45, 7) is 0. The summed E-state index contributed by atoms with van der Waals surface area (Å²) < 4.78 is 0. The molecular formula is C7H9ClN2S. The Labute approximate surface area is 77.2 Å². The molecule has 1 rings (SSSR count). The highest BCUT2D eigenvalue weighted by atomic mass is 35.5. The maximum absolute atomic E-state index is 5.33. The summed E-state index contributed by atoms with van der Waals surface area (Å²) in [7, 11) is 0. The molecule has 2 nitrogen and oxygen atoms in total. The average molecular weight is 189 g/mol. The summed E-state index contributed by atoms with van der Waals surface area (Å²) >= 11 is 4.73. The van der Waals surface area contributed by atoms with Crippen molar-refractivity contribution in [2.24, 2.45) is 5.73 Å². The van der Waals surface area contributed by atoms with Gasteiger partial charge >= 0.3 is 0 Å². The first-order valence-electron chi connectivity index (χ1n) is 2.96. The second-order valence-corrected chi connectivity index (χ2v) is 2.53. The van der Waals surface area contributed by atoms with Crippen LogP contribution in [0.5, 0.6) is 0 Å². The SMILES string of the molecule is Cl.NC(=S)Cc1cccnc1. The van der Waals surface area contributed by atoms with Crippen LogP contribution in [0, 0.1) is 0 Å². The minimum Gasteiger partial charge on any atom is -0.393 e. The topological polar surface area (TPSA) is 38.9 Å². The number of halogens is 1. The van der Waals surface area contributed by atoms with E-state index < -0.39 is 0 Å². The maximum atomic E-state index is 5.33. The fourth-order valence-corrected chi connectivity index (χ4v) is 0.871. The number of hydrogen-bond donors (Lipinski definition) is 1. The molecule has 0 saturated heterocycles. The molecule has 1 heterocycles. The molecule has 0 unspecified atom stereocenters. The molecule has 0 bridgehead atoms. The van der Waals surface area contributed by atoms with Gasteiger partial charge in [-0.1, -0.05) is 18.3 Å². The van der Waals surface area contributed by atoms with Crippen molar-refractivity contribution in [3.05, 3.63) is 30.1 Å². The van der Waals surface area contributed by atoms with E-state index in [9.17, 15) is 0 Å². The lowest BCUT2D eigenvalue weighted by atomic mass is 10.2. The van der Waals surface area contributed by atoms with Gasteiger partial charge in [-0.15, -0.1) is 12.4 Å². The maximum Gasteiger partial charge on any atom is 0.0772 e. The van der Waals surface area contributed by atoms with Crippen LogP contribution in [0.4, 0.5) is 0 Å². The summed E-state index contributed by atoms with van der Waals surface area (Å²) in [6.07, 6.45) is 4.13. The number of rotatable bonds is 2. The number of thiocarbonyl (C=S) groups is 1. The fraction of sp³-hybridized carbons (Fsp3) is 0.143. The molecule has 4 heteroatoms. The van der Waals surface area contributed by atoms with Crippen molar-refractivity contribution in [2.45, 2.75) is 6.42 Å². The van der Waals surface area contributed by atoms with Crippen molar-refractivity contribution in [1.82, 2.24) is 4.98 Å². The first kappa shape index (κ1) is 10.3. The highest BCUT2D eigenvalue weighted by molar-refractivity contribution is 7.80. The van der Waals surface area contributed by atoms with Crippen molar-refractivity contribution in [2.75, 3.05) is 0 Å². The van der Waals surface area contributed by atoms with E-state index in [2.05, 4.69) is 4.98 Å². The first-order chi connectivity index (χ1) is 4.79. The Morgan fingerprint density at radius 3 is 2.82 bits per heavy atom. The van der Waals surface area contributed by atoms with Crippen molar-refractivity contribution in [1.29, 1.82) is 0 Å². The molecule has 60 valence electrons. The molecule has 11 heavy (non-hydrogen) atoms. The largest absolute Gasteiger partial charge is 0.393 e. The molecule has 0 atom stereocenters. The molecular weight excluding hydrogens is 180 g/mol. The minimum atomic E-state index is 0. The standard InChI is InChI=1S/C7H8N2S.ClH/c8-7(10)4-6-2-1-3-9-5-6;/h1-3,5H,4H2,(H2,8,10);1H. The quantitative estimate of drug-likeness (QED) is 0.712. The van der Waals surface area contributed by atoms with E-state index in [4.69, 9.17) is 18.0 Å². The van der Waals surface area contributed by atoms with Gasteiger partial charge in [0.15, 0.2) is 0 Å². The van der Waals surface area contributed by atoms with Crippen LogP contribution in [0.2, 0.25) is 0 Å². The van der Waals surface area contributed by atoms with Gasteiger partial charge in [0.05, 0.1) is 4.99 Å². The Morgan fingerprint density at radius 2 is 2.36 bits per heavy atom. The van der Waals surface area contributed by atoms with Crippen LogP contribution >= 0.6 is 24.6 Å². The molecule has 0 aliphatic heterocycles. The predicted octanol–water partition coefficient (Wildman–Crippen LogP) is 1.33. The van der Waals surface area contributed by atoms with Gasteiger partial charge in [-0.05, 0) is 11.6 Å². The van der Waals surface area contributed by atoms with Gasteiger partial charge in [0, 0.05) is 18.8 Å². The molecule has 2 N–H and O–H groups in total. The van der Waals surface area contributed by atoms with Crippen LogP contribution in [0.3, 0.4) is 0 Å². The summed E-state index contributed by atoms with van der Waals surface area (Å²) in [4.78, 5) is 4.43. The molecule has 0 amide bonds. The van der Waals surface area contributed by atoms with Crippen molar-refractivity contribution < 1.29 is 0 Å². The van der Waals surface area contributed by atoms with Crippen LogP contribution < -0.4 is 5.73 Å². The zero-order valence-electron chi connectivity index (χ0n) is 5.86. The van der Waals surface area contributed by atoms with Crippen molar-refractivity contribution in [3.8, 4) is 0 Å². The molecule has 0 aliphatic carbocycles. The number of nitrogens with zero attached hydrogens (tertiary/aromatic N) is 1. The number of aromatic nitrogens is 1. The highest BCUT2D eigenvalue weighted by Crippen LogP contribution is 1.95. The second kappa shape index (κ2) is 5.04. The summed E-state index contributed by atoms with van der Waals surface area (Å²) in [5.74, 6) is 0. The molecule has 0 aliphatic rings. The fourth-order valence-electron chi connectivity index (χ4n) is 0.704. The minimum absolute atomic E-state index is 0. The Kier molecular flexibility index (Phi) is 4.74. The van der Waals surface area contributed by atoms with E-state index in [0.717, 1.165) is 5.56 Å². The molecule has 1 aromatic rings. The third-order valence-corrected chi connectivity index (χ3v) is 1.25. The third kappa shape index (κ3) is 3.91. The molecule has 0 spiro atoms. The van der Waals surface area contributed by atoms with E-state index in [1.807, 2.05) is 12.1 Å². The lowest BCUT2D eigenvalue weighted by Crippen LogP contribution is -2.10. The van der Waals surface area contributed by atoms with Crippen LogP contribution in [0.15, 0.2) is 24.5 Å². The van der Waals surface area contributed by atoms with Crippen LogP contribution in [0.1, 0.15) is 5.56 Å². The van der Waals surface area contributed by atoms with Crippen molar-refractivity contribution in [3.63, 3.8) is 0 Å². The Morgan fingerprint density at radius 1 is 1.64 bits per heavy atom. The van der Waals surface area contributed by atoms with Gasteiger partial charge in [0.2, 0.25) is 0 Å². The average Bonchev–Trinajstić information content (AvgIpc) is 1.88. The smallest absolute Gasteiger partial charge is 0.0772 e. The van der Waals surface area contributed by atoms with Crippen LogP contribution in [0.25, 0.3) is 0 Å². The van der Waals surface area contributed by atoms with Gasteiger partial charge in [-0.25, -0.2) is 0 Å². The zero-order chi connectivity index (χ0) is 7.40. The second-order valence-electron chi connectivity index (χ2n) is 2.00. The Hall–Kier alpha value is -0.670. The van der Waals surface area contributed by atoms with Gasteiger partial charge in [-0.3, -0.25) is 4.98 Å². The highest BCUT2D eigenvalue weighted by Gasteiger charge is 1.91. The lowest BCUT2D eigenvalue weighted by Gasteiger charge is -1.95. The monoisotopic (exact) mass is 188 g/mol. The zero-order valence-corrected chi connectivity index (χ0v) is 7.49. The Bertz CT molecular complexity index is 225. The van der Waals surface area contributed by atoms with E-state index in [1.165, 1.54) is 0 Å². The van der Waals surface area contributed by atoms with Gasteiger partial charge in [-0.2, -0.15) is 0 Å². The molecule has 0 aromatic carbocycles. The Balaban J connectivity index is 0.000001000. The summed E-state index contributed by atoms with van der Waals surface area (Å²) in [5.41, 5.74) is 6.39. The first-order valence-corrected chi connectivity index (χ1v) is 3.37. The molecule has 1 aromatic heterocycles. The third-order valence-electron chi connectivity index (χ3n) is 1.10. The van der Waals surface area contributed by atoms with E-state index in [1.54, 1.807) is 12.4 Å². The molecule has 0 saturated carbocycles. The normalized spacial score (nSPS) is 8.36. The number of nitrogens with two attached hydrogens (primary N) is 1. The van der Waals surface area contributed by atoms with Gasteiger partial charge < -0.3 is 5.73 Å². The van der Waals surface area contributed by atoms with E-state index in [0.29, 0.717) is 11.4 Å². The molecule has 0 fully saturated rings. The number of pyridine rings is 1. The van der Waals surface area contributed by atoms with Gasteiger partial charge in [0.1, 0.15) is 0 Å². The van der Waals surface area contributed by atoms with E-state index >= 15 is 0 Å². The number of hydrogen-bond acceptors (Lipinski definition) is 2. The van der Waals surface area contributed by atoms with Crippen LogP contribution in [-0.2, 0) is 6.42 Å². The van der Waals surface area contributed by atoms with E-state index in [-0.39, 0.29) is 12.4 Å².